The fourth-order valence-electron chi connectivity index (χ4n) is 13.2. The van der Waals surface area contributed by atoms with E-state index in [1.807, 2.05) is 0 Å². The van der Waals surface area contributed by atoms with Crippen molar-refractivity contribution in [2.24, 2.45) is 0 Å². The third kappa shape index (κ3) is 6.50. The zero-order chi connectivity index (χ0) is 51.1. The molecular weight excluding hydrogens is 921 g/mol. The van der Waals surface area contributed by atoms with Gasteiger partial charge < -0.3 is 18.6 Å². The predicted octanol–water partition coefficient (Wildman–Crippen LogP) is 20.1. The van der Waals surface area contributed by atoms with Crippen molar-refractivity contribution in [2.45, 2.75) is 41.5 Å². The van der Waals surface area contributed by atoms with Gasteiger partial charge in [-0.1, -0.05) is 145 Å². The van der Waals surface area contributed by atoms with Crippen molar-refractivity contribution in [3.63, 3.8) is 0 Å². The minimum Gasteiger partial charge on any atom is -0.309 e. The van der Waals surface area contributed by atoms with E-state index in [4.69, 9.17) is 0 Å². The lowest BCUT2D eigenvalue weighted by molar-refractivity contribution is 1.26. The normalized spacial score (nSPS) is 12.1. The van der Waals surface area contributed by atoms with Crippen molar-refractivity contribution in [2.75, 3.05) is 9.80 Å². The molecule has 11 aromatic carbocycles. The van der Waals surface area contributed by atoms with Gasteiger partial charge in [0, 0.05) is 65.6 Å². The average molecular weight is 975 g/mol. The maximum Gasteiger partial charge on any atom is 0.0641 e. The van der Waals surface area contributed by atoms with Crippen LogP contribution in [-0.2, 0) is 0 Å². The van der Waals surface area contributed by atoms with Gasteiger partial charge in [-0.25, -0.2) is 0 Å². The highest BCUT2D eigenvalue weighted by Gasteiger charge is 2.29. The third-order valence-corrected chi connectivity index (χ3v) is 16.1. The lowest BCUT2D eigenvalue weighted by atomic mass is 9.97. The van der Waals surface area contributed by atoms with Gasteiger partial charge in [-0.2, -0.15) is 0 Å². The molecular formula is C72H54N4. The number of anilines is 6. The van der Waals surface area contributed by atoms with Crippen LogP contribution in [0.1, 0.15) is 33.4 Å². The molecule has 15 rings (SSSR count). The van der Waals surface area contributed by atoms with Crippen LogP contribution in [0.25, 0.3) is 98.4 Å². The Labute approximate surface area is 442 Å². The van der Waals surface area contributed by atoms with Crippen molar-refractivity contribution in [1.29, 1.82) is 0 Å². The van der Waals surface area contributed by atoms with Crippen LogP contribution in [0.3, 0.4) is 0 Å². The summed E-state index contributed by atoms with van der Waals surface area (Å²) in [4.78, 5) is 5.05. The van der Waals surface area contributed by atoms with E-state index in [1.54, 1.807) is 0 Å². The van der Waals surface area contributed by atoms with E-state index < -0.39 is 0 Å². The molecule has 0 unspecified atom stereocenters. The van der Waals surface area contributed by atoms with Gasteiger partial charge in [0.05, 0.1) is 55.8 Å². The molecule has 4 nitrogen and oxygen atoms in total. The number of para-hydroxylation sites is 2. The molecule has 0 radical (unpaired) electrons. The second-order valence-electron chi connectivity index (χ2n) is 21.4. The highest BCUT2D eigenvalue weighted by atomic mass is 15.2. The molecule has 0 aliphatic heterocycles. The number of benzene rings is 11. The van der Waals surface area contributed by atoms with Crippen LogP contribution in [0, 0.1) is 41.5 Å². The molecule has 0 aliphatic carbocycles. The van der Waals surface area contributed by atoms with Crippen molar-refractivity contribution in [3.05, 3.63) is 252 Å². The van der Waals surface area contributed by atoms with E-state index >= 15 is 0 Å². The van der Waals surface area contributed by atoms with Crippen molar-refractivity contribution in [1.82, 2.24) is 8.80 Å². The van der Waals surface area contributed by atoms with Gasteiger partial charge in [0.15, 0.2) is 0 Å². The van der Waals surface area contributed by atoms with Gasteiger partial charge in [-0.3, -0.25) is 0 Å². The lowest BCUT2D eigenvalue weighted by Crippen LogP contribution is -2.12. The van der Waals surface area contributed by atoms with Gasteiger partial charge in [0.2, 0.25) is 0 Å². The van der Waals surface area contributed by atoms with Crippen LogP contribution in [0.2, 0.25) is 0 Å². The van der Waals surface area contributed by atoms with E-state index in [-0.39, 0.29) is 0 Å². The summed E-state index contributed by atoms with van der Waals surface area (Å²) in [6.45, 7) is 13.2. The minimum absolute atomic E-state index is 1.15. The summed E-state index contributed by atoms with van der Waals surface area (Å²) in [5.41, 5.74) is 26.4. The molecule has 4 aromatic heterocycles. The Morgan fingerprint density at radius 2 is 0.632 bits per heavy atom. The number of aromatic nitrogens is 2. The standard InChI is InChI=1S/C72H54N4/c1-43-25-29-63(57(39-43)49-17-9-7-10-18-49)73(51-35-45(3)33-46(4)36-51)65-31-27-53-59-41-68-60(42-67(59)75-61-23-15-13-21-55(61)69(65)71(53)75)54-28-32-66(70-56-22-14-16-24-62(56)76(68)72(54)70)74(52-37-47(5)34-48(6)38-52)64-30-26-44(2)40-58(64)50-19-11-8-12-20-50/h7-42H,1-6H3. The molecule has 0 aliphatic rings. The minimum atomic E-state index is 1.15. The highest BCUT2D eigenvalue weighted by Crippen LogP contribution is 2.53. The van der Waals surface area contributed by atoms with E-state index in [1.165, 1.54) is 132 Å². The maximum absolute atomic E-state index is 2.56. The lowest BCUT2D eigenvalue weighted by Gasteiger charge is -2.29. The number of hydrogen-bond acceptors (Lipinski definition) is 2. The molecule has 362 valence electrons. The van der Waals surface area contributed by atoms with E-state index in [0.29, 0.717) is 0 Å². The number of aryl methyl sites for hydroxylation is 6. The SMILES string of the molecule is Cc1cc(C)cc(N(c2ccc(C)cc2-c2ccccc2)c2ccc3c4cc5c(cc4n4c6ccccc6c2c34)c2ccc(N(c3cc(C)cc(C)c3)c3ccc(C)cc3-c3ccccc3)c3c4ccccc4n5c23)c1. The quantitative estimate of drug-likeness (QED) is 0.151. The van der Waals surface area contributed by atoms with Crippen molar-refractivity contribution in [3.8, 4) is 22.3 Å². The molecule has 4 heterocycles. The first kappa shape index (κ1) is 44.1. The maximum atomic E-state index is 2.56. The molecule has 0 fully saturated rings. The zero-order valence-electron chi connectivity index (χ0n) is 43.6. The topological polar surface area (TPSA) is 15.3 Å². The Morgan fingerprint density at radius 1 is 0.263 bits per heavy atom. The third-order valence-electron chi connectivity index (χ3n) is 16.1. The second-order valence-corrected chi connectivity index (χ2v) is 21.4. The molecule has 76 heavy (non-hydrogen) atoms. The molecule has 4 heteroatoms. The summed E-state index contributed by atoms with van der Waals surface area (Å²) in [6, 6.07) is 82.2. The Hall–Kier alpha value is -9.38. The zero-order valence-corrected chi connectivity index (χ0v) is 43.6. The Kier molecular flexibility index (Phi) is 9.62. The molecule has 15 aromatic rings. The van der Waals surface area contributed by atoms with Gasteiger partial charge in [0.1, 0.15) is 0 Å². The average Bonchev–Trinajstić information content (AvgIpc) is 4.36. The molecule has 0 bridgehead atoms. The number of fused-ring (bicyclic) bond motifs is 12. The first-order valence-electron chi connectivity index (χ1n) is 26.6. The monoisotopic (exact) mass is 974 g/mol. The first-order valence-corrected chi connectivity index (χ1v) is 26.6. The summed E-state index contributed by atoms with van der Waals surface area (Å²) in [7, 11) is 0. The van der Waals surface area contributed by atoms with E-state index in [2.05, 4.69) is 279 Å². The summed E-state index contributed by atoms with van der Waals surface area (Å²) in [6.07, 6.45) is 0. The van der Waals surface area contributed by atoms with Crippen LogP contribution in [0.5, 0.6) is 0 Å². The largest absolute Gasteiger partial charge is 0.309 e. The van der Waals surface area contributed by atoms with Crippen LogP contribution >= 0.6 is 0 Å². The van der Waals surface area contributed by atoms with Crippen molar-refractivity contribution < 1.29 is 0 Å². The molecule has 0 amide bonds. The van der Waals surface area contributed by atoms with Crippen LogP contribution in [0.15, 0.2) is 218 Å². The van der Waals surface area contributed by atoms with E-state index in [0.717, 1.165) is 34.1 Å². The molecule has 0 spiro atoms. The Morgan fingerprint density at radius 3 is 1.04 bits per heavy atom. The molecule has 0 N–H and O–H groups in total. The van der Waals surface area contributed by atoms with Gasteiger partial charge in [-0.05, 0) is 160 Å². The van der Waals surface area contributed by atoms with Crippen LogP contribution < -0.4 is 9.80 Å². The van der Waals surface area contributed by atoms with Crippen LogP contribution in [0.4, 0.5) is 34.1 Å². The number of nitrogens with zero attached hydrogens (tertiary/aromatic N) is 4. The molecule has 0 atom stereocenters. The van der Waals surface area contributed by atoms with Gasteiger partial charge in [-0.15, -0.1) is 0 Å². The summed E-state index contributed by atoms with van der Waals surface area (Å²) in [5, 5.41) is 9.97. The summed E-state index contributed by atoms with van der Waals surface area (Å²) >= 11 is 0. The summed E-state index contributed by atoms with van der Waals surface area (Å²) in [5.74, 6) is 0. The molecule has 0 saturated carbocycles. The highest BCUT2D eigenvalue weighted by molar-refractivity contribution is 6.32. The van der Waals surface area contributed by atoms with Gasteiger partial charge in [0.25, 0.3) is 0 Å². The van der Waals surface area contributed by atoms with E-state index in [9.17, 15) is 0 Å². The fraction of sp³-hybridized carbons (Fsp3) is 0.0833. The smallest absolute Gasteiger partial charge is 0.0641 e. The van der Waals surface area contributed by atoms with Gasteiger partial charge >= 0.3 is 0 Å². The Balaban J connectivity index is 1.02. The fourth-order valence-corrected chi connectivity index (χ4v) is 13.2. The van der Waals surface area contributed by atoms with Crippen molar-refractivity contribution >= 4 is 110 Å². The number of rotatable bonds is 8. The second kappa shape index (κ2) is 16.6. The van der Waals surface area contributed by atoms with Crippen LogP contribution in [-0.4, -0.2) is 8.80 Å². The summed E-state index contributed by atoms with van der Waals surface area (Å²) < 4.78 is 5.13. The first-order chi connectivity index (χ1) is 37.2. The predicted molar refractivity (Wildman–Crippen MR) is 324 cm³/mol. The Bertz CT molecular complexity index is 4480. The number of hydrogen-bond donors (Lipinski definition) is 0. The molecule has 0 saturated heterocycles.